The lowest BCUT2D eigenvalue weighted by Crippen LogP contribution is -2.06. The first-order chi connectivity index (χ1) is 24.4. The Balaban J connectivity index is 0.000000194. The van der Waals surface area contributed by atoms with Gasteiger partial charge in [-0.25, -0.2) is 8.78 Å². The second-order valence-corrected chi connectivity index (χ2v) is 14.2. The second kappa shape index (κ2) is 19.3. The van der Waals surface area contributed by atoms with Crippen LogP contribution in [0.3, 0.4) is 0 Å². The summed E-state index contributed by atoms with van der Waals surface area (Å²) in [5.74, 6) is 2.29. The van der Waals surface area contributed by atoms with Gasteiger partial charge in [-0.1, -0.05) is 101 Å². The lowest BCUT2D eigenvalue weighted by molar-refractivity contribution is 0.281. The van der Waals surface area contributed by atoms with Gasteiger partial charge in [0, 0.05) is 17.0 Å². The van der Waals surface area contributed by atoms with Crippen LogP contribution in [0.1, 0.15) is 124 Å². The van der Waals surface area contributed by atoms with Gasteiger partial charge in [0.2, 0.25) is 0 Å². The third-order valence-electron chi connectivity index (χ3n) is 10.6. The van der Waals surface area contributed by atoms with E-state index in [0.717, 1.165) is 35.1 Å². The van der Waals surface area contributed by atoms with Gasteiger partial charge in [-0.2, -0.15) is 0 Å². The zero-order valence-corrected chi connectivity index (χ0v) is 30.6. The topological polar surface area (TPSA) is 38.7 Å². The minimum Gasteiger partial charge on any atom is -0.497 e. The van der Waals surface area contributed by atoms with E-state index < -0.39 is 0 Å². The van der Waals surface area contributed by atoms with Crippen molar-refractivity contribution in [2.75, 3.05) is 14.2 Å². The molecule has 0 heterocycles. The minimum absolute atomic E-state index is 0.0145. The smallest absolute Gasteiger partial charge is 0.131 e. The van der Waals surface area contributed by atoms with Crippen molar-refractivity contribution in [1.82, 2.24) is 0 Å². The van der Waals surface area contributed by atoms with Gasteiger partial charge in [0.25, 0.3) is 0 Å². The van der Waals surface area contributed by atoms with E-state index in [-0.39, 0.29) is 18.2 Å². The van der Waals surface area contributed by atoms with Crippen molar-refractivity contribution in [2.24, 2.45) is 0 Å². The summed E-state index contributed by atoms with van der Waals surface area (Å²) in [7, 11) is 3.21. The fourth-order valence-corrected chi connectivity index (χ4v) is 7.95. The van der Waals surface area contributed by atoms with Gasteiger partial charge >= 0.3 is 0 Å². The molecular weight excluding hydrogens is 650 g/mol. The quantitative estimate of drug-likeness (QED) is 0.186. The van der Waals surface area contributed by atoms with Crippen LogP contribution < -0.4 is 9.47 Å². The summed E-state index contributed by atoms with van der Waals surface area (Å²) >= 11 is 6.08. The highest BCUT2D eigenvalue weighted by atomic mass is 35.5. The number of methoxy groups -OCH3 is 2. The number of aliphatic hydroxyl groups is 1. The van der Waals surface area contributed by atoms with Crippen LogP contribution in [-0.4, -0.2) is 19.3 Å². The van der Waals surface area contributed by atoms with Crippen LogP contribution in [-0.2, 0) is 12.5 Å². The van der Waals surface area contributed by atoms with Crippen LogP contribution in [0.4, 0.5) is 8.78 Å². The first kappa shape index (κ1) is 37.8. The van der Waals surface area contributed by atoms with E-state index in [2.05, 4.69) is 12.1 Å². The molecule has 0 aliphatic heterocycles. The lowest BCUT2D eigenvalue weighted by atomic mass is 9.81. The van der Waals surface area contributed by atoms with Gasteiger partial charge in [0.05, 0.1) is 20.8 Å². The van der Waals surface area contributed by atoms with Crippen molar-refractivity contribution in [3.05, 3.63) is 107 Å². The minimum atomic E-state index is -0.232. The van der Waals surface area contributed by atoms with Gasteiger partial charge in [0.1, 0.15) is 23.1 Å². The van der Waals surface area contributed by atoms with Crippen molar-refractivity contribution in [1.29, 1.82) is 0 Å². The van der Waals surface area contributed by atoms with Crippen LogP contribution >= 0.6 is 11.6 Å². The molecule has 2 saturated carbocycles. The Kier molecular flexibility index (Phi) is 14.6. The van der Waals surface area contributed by atoms with E-state index in [1.54, 1.807) is 38.5 Å². The normalized spacial score (nSPS) is 16.3. The fourth-order valence-electron chi connectivity index (χ4n) is 7.78. The molecule has 0 aromatic heterocycles. The number of alkyl halides is 1. The van der Waals surface area contributed by atoms with E-state index in [1.807, 2.05) is 24.3 Å². The summed E-state index contributed by atoms with van der Waals surface area (Å²) in [6.07, 6.45) is 17.3. The first-order valence-electron chi connectivity index (χ1n) is 18.6. The Labute approximate surface area is 303 Å². The predicted molar refractivity (Wildman–Crippen MR) is 202 cm³/mol. The number of aliphatic hydroxyl groups excluding tert-OH is 1. The maximum atomic E-state index is 14.6. The number of hydrogen-bond donors (Lipinski definition) is 1. The molecule has 2 aliphatic rings. The predicted octanol–water partition coefficient (Wildman–Crippen LogP) is 12.9. The average Bonchev–Trinajstić information content (AvgIpc) is 3.12. The van der Waals surface area contributed by atoms with Gasteiger partial charge < -0.3 is 14.6 Å². The molecule has 3 nitrogen and oxygen atoms in total. The zero-order chi connectivity index (χ0) is 35.3. The number of rotatable bonds is 8. The molecule has 4 aromatic carbocycles. The van der Waals surface area contributed by atoms with E-state index in [4.69, 9.17) is 21.1 Å². The molecule has 0 atom stereocenters. The fraction of sp³-hybridized carbons (Fsp3) is 0.455. The number of hydrogen-bond acceptors (Lipinski definition) is 3. The van der Waals surface area contributed by atoms with Crippen LogP contribution in [0.2, 0.25) is 0 Å². The lowest BCUT2D eigenvalue weighted by Gasteiger charge is -2.24. The summed E-state index contributed by atoms with van der Waals surface area (Å²) in [6.45, 7) is 0.0145. The molecule has 0 saturated heterocycles. The van der Waals surface area contributed by atoms with E-state index in [9.17, 15) is 13.9 Å². The highest BCUT2D eigenvalue weighted by Crippen LogP contribution is 2.41. The molecule has 2 fully saturated rings. The third kappa shape index (κ3) is 9.88. The average molecular weight is 703 g/mol. The molecule has 6 heteroatoms. The molecule has 0 amide bonds. The molecule has 4 aromatic rings. The van der Waals surface area contributed by atoms with Crippen molar-refractivity contribution in [3.63, 3.8) is 0 Å². The van der Waals surface area contributed by atoms with Crippen molar-refractivity contribution < 1.29 is 23.4 Å². The van der Waals surface area contributed by atoms with E-state index in [0.29, 0.717) is 40.3 Å². The van der Waals surface area contributed by atoms with Crippen LogP contribution in [0.15, 0.2) is 72.8 Å². The van der Waals surface area contributed by atoms with Gasteiger partial charge in [-0.05, 0) is 107 Å². The SMILES string of the molecule is COc1ccc(F)c(-c2ccc(CCl)cc2C2CCCCCCC2)c1.COc1ccc(F)c(-c2ccc(CO)cc2C2CCCCCCC2)c1. The molecule has 0 unspecified atom stereocenters. The Morgan fingerprint density at radius 2 is 0.940 bits per heavy atom. The number of benzene rings is 4. The number of ether oxygens (including phenoxy) is 2. The van der Waals surface area contributed by atoms with Gasteiger partial charge in [0.15, 0.2) is 0 Å². The third-order valence-corrected chi connectivity index (χ3v) is 10.9. The standard InChI is InChI=1S/C22H26ClFO.C22H27FO2/c1-25-18-10-12-22(24)21(14-18)19-11-9-16(15-23)13-20(19)17-7-5-3-2-4-6-8-17;1-25-18-10-12-22(23)21(14-18)19-11-9-16(15-24)13-20(19)17-7-5-3-2-4-6-8-17/h9-14,17H,2-8,15H2,1H3;9-14,17,24H,2-8,15H2,1H3. The van der Waals surface area contributed by atoms with Gasteiger partial charge in [-0.3, -0.25) is 0 Å². The summed E-state index contributed by atoms with van der Waals surface area (Å²) in [4.78, 5) is 0. The van der Waals surface area contributed by atoms with Crippen LogP contribution in [0.5, 0.6) is 11.5 Å². The van der Waals surface area contributed by atoms with Crippen molar-refractivity contribution >= 4 is 11.6 Å². The van der Waals surface area contributed by atoms with Gasteiger partial charge in [-0.15, -0.1) is 11.6 Å². The molecule has 0 bridgehead atoms. The molecule has 0 spiro atoms. The maximum absolute atomic E-state index is 14.6. The first-order valence-corrected chi connectivity index (χ1v) is 19.1. The summed E-state index contributed by atoms with van der Waals surface area (Å²) in [5, 5.41) is 9.57. The molecule has 1 N–H and O–H groups in total. The molecular formula is C44H53ClF2O3. The summed E-state index contributed by atoms with van der Waals surface area (Å²) < 4.78 is 39.7. The van der Waals surface area contributed by atoms with Crippen LogP contribution in [0, 0.1) is 11.6 Å². The Bertz CT molecular complexity index is 1530. The Morgan fingerprint density at radius 3 is 1.34 bits per heavy atom. The zero-order valence-electron chi connectivity index (χ0n) is 29.8. The highest BCUT2D eigenvalue weighted by Gasteiger charge is 2.22. The summed E-state index contributed by atoms with van der Waals surface area (Å²) in [6, 6.07) is 22.0. The Morgan fingerprint density at radius 1 is 0.540 bits per heavy atom. The largest absolute Gasteiger partial charge is 0.497 e. The van der Waals surface area contributed by atoms with Crippen LogP contribution in [0.25, 0.3) is 22.3 Å². The molecule has 50 heavy (non-hydrogen) atoms. The molecule has 0 radical (unpaired) electrons. The summed E-state index contributed by atoms with van der Waals surface area (Å²) in [5.41, 5.74) is 7.52. The highest BCUT2D eigenvalue weighted by molar-refractivity contribution is 6.17. The number of halogens is 3. The van der Waals surface area contributed by atoms with Crippen molar-refractivity contribution in [2.45, 2.75) is 114 Å². The monoisotopic (exact) mass is 702 g/mol. The second-order valence-electron chi connectivity index (χ2n) is 13.9. The van der Waals surface area contributed by atoms with Crippen molar-refractivity contribution in [3.8, 4) is 33.8 Å². The molecule has 6 rings (SSSR count). The van der Waals surface area contributed by atoms with E-state index >= 15 is 0 Å². The Hall–Kier alpha value is -3.41. The van der Waals surface area contributed by atoms with E-state index in [1.165, 1.54) is 100 Å². The maximum Gasteiger partial charge on any atom is 0.131 e. The molecule has 2 aliphatic carbocycles. The molecule has 268 valence electrons.